The maximum absolute atomic E-state index is 11.4. The fraction of sp³-hybridized carbons (Fsp3) is 0.500. The monoisotopic (exact) mass is 326 g/mol. The molecular weight excluding hydrogens is 304 g/mol. The van der Waals surface area contributed by atoms with Crippen molar-refractivity contribution in [2.45, 2.75) is 50.5 Å². The third kappa shape index (κ3) is 2.82. The van der Waals surface area contributed by atoms with Crippen LogP contribution in [0.25, 0.3) is 11.4 Å². The minimum absolute atomic E-state index is 0.00301. The highest BCUT2D eigenvalue weighted by atomic mass is 16.5. The number of anilines is 1. The van der Waals surface area contributed by atoms with Crippen LogP contribution in [0.1, 0.15) is 50.8 Å². The third-order valence-corrected chi connectivity index (χ3v) is 5.21. The van der Waals surface area contributed by atoms with Gasteiger partial charge in [0, 0.05) is 29.8 Å². The second-order valence-corrected chi connectivity index (χ2v) is 6.85. The topological polar surface area (TPSA) is 80.0 Å². The summed E-state index contributed by atoms with van der Waals surface area (Å²) in [5.74, 6) is 1.65. The summed E-state index contributed by atoms with van der Waals surface area (Å²) >= 11 is 0. The van der Waals surface area contributed by atoms with Gasteiger partial charge in [0.15, 0.2) is 0 Å². The normalized spacial score (nSPS) is 21.6. The fourth-order valence-electron chi connectivity index (χ4n) is 3.59. The number of nitrogens with zero attached hydrogens (tertiary/aromatic N) is 2. The van der Waals surface area contributed by atoms with Gasteiger partial charge in [0.25, 0.3) is 0 Å². The molecule has 1 atom stereocenters. The summed E-state index contributed by atoms with van der Waals surface area (Å²) in [5, 5.41) is 10.6. The Balaban J connectivity index is 1.45. The van der Waals surface area contributed by atoms with Gasteiger partial charge in [-0.05, 0) is 49.9 Å². The molecule has 2 fully saturated rings. The van der Waals surface area contributed by atoms with Crippen molar-refractivity contribution in [3.63, 3.8) is 0 Å². The molecule has 1 aromatic heterocycles. The predicted octanol–water partition coefficient (Wildman–Crippen LogP) is 3.08. The van der Waals surface area contributed by atoms with E-state index in [0.717, 1.165) is 30.1 Å². The van der Waals surface area contributed by atoms with Gasteiger partial charge in [-0.3, -0.25) is 4.79 Å². The van der Waals surface area contributed by atoms with Crippen LogP contribution in [0, 0.1) is 0 Å². The van der Waals surface area contributed by atoms with Crippen molar-refractivity contribution in [3.05, 3.63) is 30.2 Å². The maximum Gasteiger partial charge on any atom is 0.231 e. The van der Waals surface area contributed by atoms with Crippen LogP contribution in [0.5, 0.6) is 0 Å². The number of hydrogen-bond donors (Lipinski definition) is 2. The summed E-state index contributed by atoms with van der Waals surface area (Å²) in [6, 6.07) is 7.53. The van der Waals surface area contributed by atoms with Gasteiger partial charge in [-0.25, -0.2) is 0 Å². The molecule has 1 aromatic carbocycles. The molecule has 1 amide bonds. The van der Waals surface area contributed by atoms with Crippen molar-refractivity contribution in [2.24, 2.45) is 0 Å². The lowest BCUT2D eigenvalue weighted by Crippen LogP contribution is -2.45. The summed E-state index contributed by atoms with van der Waals surface area (Å²) < 4.78 is 5.51. The molecule has 1 aliphatic heterocycles. The number of benzene rings is 1. The number of aromatic nitrogens is 2. The molecule has 2 heterocycles. The van der Waals surface area contributed by atoms with Crippen LogP contribution in [0.3, 0.4) is 0 Å². The van der Waals surface area contributed by atoms with Crippen molar-refractivity contribution in [2.75, 3.05) is 11.9 Å². The number of rotatable bonds is 4. The molecule has 2 aromatic rings. The van der Waals surface area contributed by atoms with E-state index in [4.69, 9.17) is 4.52 Å². The summed E-state index contributed by atoms with van der Waals surface area (Å²) in [7, 11) is 0. The van der Waals surface area contributed by atoms with E-state index in [1.54, 1.807) is 0 Å². The molecule has 24 heavy (non-hydrogen) atoms. The van der Waals surface area contributed by atoms with Gasteiger partial charge in [-0.2, -0.15) is 4.98 Å². The summed E-state index contributed by atoms with van der Waals surface area (Å²) in [5.41, 5.74) is 2.00. The predicted molar refractivity (Wildman–Crippen MR) is 90.6 cm³/mol. The average molecular weight is 326 g/mol. The maximum atomic E-state index is 11.4. The van der Waals surface area contributed by atoms with Crippen LogP contribution in [0.2, 0.25) is 0 Å². The van der Waals surface area contributed by atoms with Crippen molar-refractivity contribution in [1.29, 1.82) is 0 Å². The van der Waals surface area contributed by atoms with E-state index in [2.05, 4.69) is 20.8 Å². The zero-order valence-electron chi connectivity index (χ0n) is 13.8. The molecule has 1 unspecified atom stereocenters. The summed E-state index contributed by atoms with van der Waals surface area (Å²) in [4.78, 5) is 16.0. The molecule has 6 nitrogen and oxygen atoms in total. The van der Waals surface area contributed by atoms with E-state index in [9.17, 15) is 4.79 Å². The fourth-order valence-corrected chi connectivity index (χ4v) is 3.59. The molecule has 0 radical (unpaired) electrons. The molecule has 1 aliphatic carbocycles. The largest absolute Gasteiger partial charge is 0.339 e. The molecule has 4 rings (SSSR count). The van der Waals surface area contributed by atoms with E-state index >= 15 is 0 Å². The van der Waals surface area contributed by atoms with Crippen LogP contribution in [-0.4, -0.2) is 28.1 Å². The SMILES string of the molecule is CCC(=O)Nc1ccc(-c2noc(C3CNC4(CCC4)C3)n2)cc1. The smallest absolute Gasteiger partial charge is 0.231 e. The van der Waals surface area contributed by atoms with Crippen LogP contribution in [0.15, 0.2) is 28.8 Å². The molecular formula is C18H22N4O2. The zero-order valence-corrected chi connectivity index (χ0v) is 13.8. The second-order valence-electron chi connectivity index (χ2n) is 6.85. The van der Waals surface area contributed by atoms with E-state index in [1.165, 1.54) is 19.3 Å². The van der Waals surface area contributed by atoms with E-state index in [-0.39, 0.29) is 5.91 Å². The minimum atomic E-state index is 0.00301. The standard InChI is InChI=1S/C18H22N4O2/c1-2-15(23)20-14-6-4-12(5-7-14)16-21-17(24-22-16)13-10-18(19-11-13)8-3-9-18/h4-7,13,19H,2-3,8-11H2,1H3,(H,20,23). The molecule has 1 saturated carbocycles. The van der Waals surface area contributed by atoms with Crippen LogP contribution in [-0.2, 0) is 4.79 Å². The number of hydrogen-bond acceptors (Lipinski definition) is 5. The molecule has 1 saturated heterocycles. The van der Waals surface area contributed by atoms with Gasteiger partial charge in [0.2, 0.25) is 17.6 Å². The van der Waals surface area contributed by atoms with Gasteiger partial charge in [0.1, 0.15) is 0 Å². The van der Waals surface area contributed by atoms with Gasteiger partial charge >= 0.3 is 0 Å². The third-order valence-electron chi connectivity index (χ3n) is 5.21. The van der Waals surface area contributed by atoms with Gasteiger partial charge < -0.3 is 15.2 Å². The lowest BCUT2D eigenvalue weighted by molar-refractivity contribution is -0.115. The van der Waals surface area contributed by atoms with Gasteiger partial charge in [-0.15, -0.1) is 0 Å². The molecule has 1 spiro atoms. The van der Waals surface area contributed by atoms with Gasteiger partial charge in [0.05, 0.1) is 5.92 Å². The lowest BCUT2D eigenvalue weighted by Gasteiger charge is -2.38. The Hall–Kier alpha value is -2.21. The first-order valence-electron chi connectivity index (χ1n) is 8.66. The molecule has 2 N–H and O–H groups in total. The molecule has 0 bridgehead atoms. The Morgan fingerprint density at radius 1 is 1.38 bits per heavy atom. The molecule has 126 valence electrons. The highest BCUT2D eigenvalue weighted by Crippen LogP contribution is 2.43. The quantitative estimate of drug-likeness (QED) is 0.902. The Morgan fingerprint density at radius 2 is 2.17 bits per heavy atom. The highest BCUT2D eigenvalue weighted by Gasteiger charge is 2.45. The zero-order chi connectivity index (χ0) is 16.6. The molecule has 6 heteroatoms. The van der Waals surface area contributed by atoms with Gasteiger partial charge in [-0.1, -0.05) is 12.1 Å². The Kier molecular flexibility index (Phi) is 3.84. The summed E-state index contributed by atoms with van der Waals surface area (Å²) in [6.45, 7) is 2.75. The van der Waals surface area contributed by atoms with Crippen LogP contribution in [0.4, 0.5) is 5.69 Å². The van der Waals surface area contributed by atoms with Crippen molar-refractivity contribution in [1.82, 2.24) is 15.5 Å². The molecule has 2 aliphatic rings. The van der Waals surface area contributed by atoms with E-state index in [1.807, 2.05) is 31.2 Å². The second kappa shape index (κ2) is 6.02. The minimum Gasteiger partial charge on any atom is -0.339 e. The Labute approximate surface area is 141 Å². The lowest BCUT2D eigenvalue weighted by atomic mass is 9.74. The van der Waals surface area contributed by atoms with Crippen LogP contribution < -0.4 is 10.6 Å². The van der Waals surface area contributed by atoms with E-state index in [0.29, 0.717) is 23.7 Å². The van der Waals surface area contributed by atoms with Crippen molar-refractivity contribution >= 4 is 11.6 Å². The number of carbonyl (C=O) groups is 1. The number of amides is 1. The van der Waals surface area contributed by atoms with Crippen LogP contribution >= 0.6 is 0 Å². The van der Waals surface area contributed by atoms with E-state index < -0.39 is 0 Å². The van der Waals surface area contributed by atoms with Crippen molar-refractivity contribution in [3.8, 4) is 11.4 Å². The first kappa shape index (κ1) is 15.3. The Bertz CT molecular complexity index is 734. The first-order valence-corrected chi connectivity index (χ1v) is 8.66. The Morgan fingerprint density at radius 3 is 2.79 bits per heavy atom. The highest BCUT2D eigenvalue weighted by molar-refractivity contribution is 5.90. The number of carbonyl (C=O) groups excluding carboxylic acids is 1. The number of nitrogens with one attached hydrogen (secondary N) is 2. The van der Waals surface area contributed by atoms with Crippen molar-refractivity contribution < 1.29 is 9.32 Å². The average Bonchev–Trinajstić information content (AvgIpc) is 3.22. The first-order chi connectivity index (χ1) is 11.7. The summed E-state index contributed by atoms with van der Waals surface area (Å²) in [6.07, 6.45) is 5.39.